The van der Waals surface area contributed by atoms with Gasteiger partial charge in [0.25, 0.3) is 0 Å². The molecule has 1 aliphatic rings. The van der Waals surface area contributed by atoms with Gasteiger partial charge in [0.15, 0.2) is 0 Å². The van der Waals surface area contributed by atoms with Gasteiger partial charge < -0.3 is 14.8 Å². The van der Waals surface area contributed by atoms with E-state index >= 15 is 0 Å². The molecule has 6 nitrogen and oxygen atoms in total. The highest BCUT2D eigenvalue weighted by Crippen LogP contribution is 2.37. The van der Waals surface area contributed by atoms with Crippen LogP contribution in [0, 0.1) is 0 Å². The number of ether oxygens (including phenoxy) is 2. The molecular formula is C22H24N4O2. The highest BCUT2D eigenvalue weighted by atomic mass is 16.5. The minimum Gasteiger partial charge on any atom is -0.497 e. The fourth-order valence-corrected chi connectivity index (χ4v) is 3.44. The molecule has 1 aliphatic heterocycles. The summed E-state index contributed by atoms with van der Waals surface area (Å²) in [4.78, 5) is 4.38. The van der Waals surface area contributed by atoms with Crippen LogP contribution in [0.2, 0.25) is 0 Å². The monoisotopic (exact) mass is 376 g/mol. The number of rotatable bonds is 5. The first-order valence-corrected chi connectivity index (χ1v) is 9.31. The first-order chi connectivity index (χ1) is 13.6. The number of hydrogen-bond acceptors (Lipinski definition) is 5. The standard InChI is InChI=1S/C22H24N4O2/c1-14(2)15-5-7-16(8-6-15)19-12-20(26-22(25-19)23-13-24-26)18-11-17(27-3)9-10-21(18)28-4/h5-14,20H,1-4H3,(H,23,24,25). The maximum Gasteiger partial charge on any atom is 0.226 e. The third kappa shape index (κ3) is 3.22. The van der Waals surface area contributed by atoms with Crippen molar-refractivity contribution in [1.82, 2.24) is 14.8 Å². The average Bonchev–Trinajstić information content (AvgIpc) is 3.21. The largest absolute Gasteiger partial charge is 0.497 e. The first-order valence-electron chi connectivity index (χ1n) is 9.31. The molecule has 0 radical (unpaired) electrons. The predicted octanol–water partition coefficient (Wildman–Crippen LogP) is 4.47. The number of hydrogen-bond donors (Lipinski definition) is 1. The van der Waals surface area contributed by atoms with Crippen LogP contribution in [0.25, 0.3) is 5.70 Å². The summed E-state index contributed by atoms with van der Waals surface area (Å²) in [5.41, 5.74) is 4.37. The molecule has 0 aliphatic carbocycles. The quantitative estimate of drug-likeness (QED) is 0.712. The number of methoxy groups -OCH3 is 2. The Bertz CT molecular complexity index is 1010. The molecule has 6 heteroatoms. The van der Waals surface area contributed by atoms with Crippen LogP contribution in [0.15, 0.2) is 54.9 Å². The van der Waals surface area contributed by atoms with Gasteiger partial charge in [0, 0.05) is 11.3 Å². The van der Waals surface area contributed by atoms with Gasteiger partial charge in [0.1, 0.15) is 23.9 Å². The molecule has 0 fully saturated rings. The second kappa shape index (κ2) is 7.38. The van der Waals surface area contributed by atoms with Crippen LogP contribution < -0.4 is 14.8 Å². The van der Waals surface area contributed by atoms with Crippen LogP contribution in [0.3, 0.4) is 0 Å². The van der Waals surface area contributed by atoms with Crippen LogP contribution in [0.4, 0.5) is 5.95 Å². The smallest absolute Gasteiger partial charge is 0.226 e. The van der Waals surface area contributed by atoms with E-state index in [1.807, 2.05) is 22.9 Å². The summed E-state index contributed by atoms with van der Waals surface area (Å²) in [5, 5.41) is 7.80. The number of benzene rings is 2. The zero-order valence-corrected chi connectivity index (χ0v) is 16.5. The van der Waals surface area contributed by atoms with Crippen molar-refractivity contribution < 1.29 is 9.47 Å². The molecule has 2 aromatic carbocycles. The van der Waals surface area contributed by atoms with Crippen molar-refractivity contribution in [3.05, 3.63) is 71.6 Å². The van der Waals surface area contributed by atoms with Crippen LogP contribution in [-0.4, -0.2) is 29.0 Å². The minimum absolute atomic E-state index is 0.163. The van der Waals surface area contributed by atoms with Crippen molar-refractivity contribution in [2.45, 2.75) is 25.8 Å². The van der Waals surface area contributed by atoms with Gasteiger partial charge in [0.05, 0.1) is 14.2 Å². The van der Waals surface area contributed by atoms with Crippen molar-refractivity contribution >= 4 is 11.6 Å². The zero-order chi connectivity index (χ0) is 19.7. The molecule has 0 amide bonds. The third-order valence-electron chi connectivity index (χ3n) is 5.05. The minimum atomic E-state index is -0.163. The number of anilines is 1. The lowest BCUT2D eigenvalue weighted by atomic mass is 9.98. The van der Waals surface area contributed by atoms with E-state index in [-0.39, 0.29) is 6.04 Å². The Balaban J connectivity index is 1.80. The molecular weight excluding hydrogens is 352 g/mol. The van der Waals surface area contributed by atoms with Crippen molar-refractivity contribution in [2.75, 3.05) is 19.5 Å². The van der Waals surface area contributed by atoms with Crippen molar-refractivity contribution in [3.63, 3.8) is 0 Å². The molecule has 0 saturated carbocycles. The van der Waals surface area contributed by atoms with E-state index in [9.17, 15) is 0 Å². The second-order valence-corrected chi connectivity index (χ2v) is 7.06. The predicted molar refractivity (Wildman–Crippen MR) is 110 cm³/mol. The molecule has 4 rings (SSSR count). The van der Waals surface area contributed by atoms with Crippen LogP contribution >= 0.6 is 0 Å². The van der Waals surface area contributed by atoms with E-state index in [4.69, 9.17) is 9.47 Å². The van der Waals surface area contributed by atoms with Gasteiger partial charge in [-0.1, -0.05) is 38.1 Å². The van der Waals surface area contributed by atoms with Crippen molar-refractivity contribution in [2.24, 2.45) is 0 Å². The zero-order valence-electron chi connectivity index (χ0n) is 16.5. The molecule has 1 unspecified atom stereocenters. The summed E-state index contributed by atoms with van der Waals surface area (Å²) in [6.07, 6.45) is 3.70. The molecule has 3 aromatic rings. The Labute approximate surface area is 164 Å². The van der Waals surface area contributed by atoms with Gasteiger partial charge in [-0.25, -0.2) is 4.68 Å². The summed E-state index contributed by atoms with van der Waals surface area (Å²) in [7, 11) is 3.33. The molecule has 28 heavy (non-hydrogen) atoms. The number of nitrogens with zero attached hydrogens (tertiary/aromatic N) is 3. The van der Waals surface area contributed by atoms with Gasteiger partial charge in [-0.05, 0) is 41.3 Å². The fraction of sp³-hybridized carbons (Fsp3) is 0.273. The topological polar surface area (TPSA) is 61.2 Å². The summed E-state index contributed by atoms with van der Waals surface area (Å²) >= 11 is 0. The third-order valence-corrected chi connectivity index (χ3v) is 5.05. The average molecular weight is 376 g/mol. The highest BCUT2D eigenvalue weighted by molar-refractivity contribution is 5.77. The summed E-state index contributed by atoms with van der Waals surface area (Å²) in [6, 6.07) is 14.2. The van der Waals surface area contributed by atoms with E-state index in [1.54, 1.807) is 20.5 Å². The van der Waals surface area contributed by atoms with Crippen LogP contribution in [0.5, 0.6) is 11.5 Å². The Morgan fingerprint density at radius 3 is 2.50 bits per heavy atom. The van der Waals surface area contributed by atoms with E-state index in [1.165, 1.54) is 5.56 Å². The van der Waals surface area contributed by atoms with Gasteiger partial charge in [-0.15, -0.1) is 0 Å². The number of allylic oxidation sites excluding steroid dienone is 1. The van der Waals surface area contributed by atoms with Crippen LogP contribution in [0.1, 0.15) is 42.5 Å². The maximum atomic E-state index is 5.61. The summed E-state index contributed by atoms with van der Waals surface area (Å²) < 4.78 is 12.9. The molecule has 2 heterocycles. The van der Waals surface area contributed by atoms with Crippen molar-refractivity contribution in [1.29, 1.82) is 0 Å². The van der Waals surface area contributed by atoms with Gasteiger partial charge in [0.2, 0.25) is 5.95 Å². The fourth-order valence-electron chi connectivity index (χ4n) is 3.44. The molecule has 1 atom stereocenters. The van der Waals surface area contributed by atoms with Crippen molar-refractivity contribution in [3.8, 4) is 11.5 Å². The molecule has 0 saturated heterocycles. The summed E-state index contributed by atoms with van der Waals surface area (Å²) in [5.74, 6) is 2.74. The molecule has 0 spiro atoms. The SMILES string of the molecule is COc1ccc(OC)c(C2C=C(c3ccc(C(C)C)cc3)Nc3ncnn32)c1. The molecule has 144 valence electrons. The number of fused-ring (bicyclic) bond motifs is 1. The Morgan fingerprint density at radius 1 is 1.04 bits per heavy atom. The molecule has 1 N–H and O–H groups in total. The Morgan fingerprint density at radius 2 is 1.82 bits per heavy atom. The number of nitrogens with one attached hydrogen (secondary N) is 1. The molecule has 1 aromatic heterocycles. The van der Waals surface area contributed by atoms with Gasteiger partial charge in [-0.2, -0.15) is 10.1 Å². The van der Waals surface area contributed by atoms with E-state index in [2.05, 4.69) is 59.6 Å². The van der Waals surface area contributed by atoms with Gasteiger partial charge in [-0.3, -0.25) is 0 Å². The number of aromatic nitrogens is 3. The molecule has 0 bridgehead atoms. The van der Waals surface area contributed by atoms with E-state index in [0.717, 1.165) is 28.3 Å². The van der Waals surface area contributed by atoms with E-state index in [0.29, 0.717) is 11.9 Å². The Hall–Kier alpha value is -3.28. The second-order valence-electron chi connectivity index (χ2n) is 7.06. The van der Waals surface area contributed by atoms with Gasteiger partial charge >= 0.3 is 0 Å². The lowest BCUT2D eigenvalue weighted by Crippen LogP contribution is -2.20. The Kier molecular flexibility index (Phi) is 4.77. The lowest BCUT2D eigenvalue weighted by Gasteiger charge is -2.26. The van der Waals surface area contributed by atoms with E-state index < -0.39 is 0 Å². The highest BCUT2D eigenvalue weighted by Gasteiger charge is 2.26. The lowest BCUT2D eigenvalue weighted by molar-refractivity contribution is 0.394. The van der Waals surface area contributed by atoms with Crippen LogP contribution in [-0.2, 0) is 0 Å². The first kappa shape index (κ1) is 18.1. The maximum absolute atomic E-state index is 5.61. The normalized spacial score (nSPS) is 15.6. The summed E-state index contributed by atoms with van der Waals surface area (Å²) in [6.45, 7) is 4.39.